The molecule has 0 bridgehead atoms. The Hall–Kier alpha value is -4.22. The average Bonchev–Trinajstić information content (AvgIpc) is 3.39. The maximum atomic E-state index is 10.8. The van der Waals surface area contributed by atoms with Crippen LogP contribution in [0.5, 0.6) is 11.8 Å². The monoisotopic (exact) mass is 518 g/mol. The van der Waals surface area contributed by atoms with Gasteiger partial charge in [0.25, 0.3) is 11.8 Å². The molecule has 2 aliphatic heterocycles. The normalized spacial score (nSPS) is 20.7. The summed E-state index contributed by atoms with van der Waals surface area (Å²) in [6.45, 7) is 0. The molecule has 3 rings (SSSR count). The first-order chi connectivity index (χ1) is 15.5. The molecule has 0 spiro atoms. The van der Waals surface area contributed by atoms with Gasteiger partial charge in [-0.2, -0.15) is 0 Å². The molecule has 0 saturated heterocycles. The standard InChI is InChI=1S/C8H4Cl2N10O13/c9-1-3(13-32-15(1)7(17(21)22)18(23)24)29-5-6(12-31-11-5)30-4-2(10)16(33-14-4)8(19(25)26)20(27)28/h1-2,7-8H. The molecule has 2 atom stereocenters. The number of ether oxygens (including phenoxy) is 2. The predicted octanol–water partition coefficient (Wildman–Crippen LogP) is -1.25. The fourth-order valence-corrected chi connectivity index (χ4v) is 2.48. The van der Waals surface area contributed by atoms with Gasteiger partial charge in [0, 0.05) is 10.1 Å². The summed E-state index contributed by atoms with van der Waals surface area (Å²) in [6.07, 6.45) is -5.29. The zero-order valence-corrected chi connectivity index (χ0v) is 16.4. The molecule has 2 unspecified atom stereocenters. The van der Waals surface area contributed by atoms with Gasteiger partial charge in [-0.15, -0.1) is 0 Å². The third-order valence-corrected chi connectivity index (χ3v) is 4.11. The summed E-state index contributed by atoms with van der Waals surface area (Å²) in [4.78, 5) is 47.0. The van der Waals surface area contributed by atoms with Crippen molar-refractivity contribution >= 4 is 35.0 Å². The largest absolute Gasteiger partial charge is 0.548 e. The molecule has 23 nitrogen and oxygen atoms in total. The molecular weight excluding hydrogens is 515 g/mol. The summed E-state index contributed by atoms with van der Waals surface area (Å²) in [5.74, 6) is -2.81. The smallest absolute Gasteiger partial charge is 0.411 e. The molecule has 3 heterocycles. The molecule has 1 aromatic heterocycles. The lowest BCUT2D eigenvalue weighted by molar-refractivity contribution is -0.785. The molecular formula is C8H4Cl2N10O13. The highest BCUT2D eigenvalue weighted by Crippen LogP contribution is 2.29. The van der Waals surface area contributed by atoms with E-state index in [-0.39, 0.29) is 10.1 Å². The first-order valence-corrected chi connectivity index (χ1v) is 8.47. The number of alkyl halides is 2. The van der Waals surface area contributed by atoms with Crippen LogP contribution in [0, 0.1) is 40.5 Å². The molecule has 1 aromatic rings. The van der Waals surface area contributed by atoms with E-state index < -0.39 is 66.8 Å². The van der Waals surface area contributed by atoms with Gasteiger partial charge in [0.2, 0.25) is 11.0 Å². The Morgan fingerprint density at radius 2 is 1.09 bits per heavy atom. The van der Waals surface area contributed by atoms with E-state index in [9.17, 15) is 40.5 Å². The number of hydrogen-bond acceptors (Lipinski definition) is 19. The first-order valence-electron chi connectivity index (χ1n) is 7.60. The lowest BCUT2D eigenvalue weighted by atomic mass is 10.5. The van der Waals surface area contributed by atoms with Crippen LogP contribution in [-0.2, 0) is 9.88 Å². The van der Waals surface area contributed by atoms with Gasteiger partial charge >= 0.3 is 24.3 Å². The molecule has 0 aliphatic carbocycles. The van der Waals surface area contributed by atoms with Crippen molar-refractivity contribution in [2.45, 2.75) is 23.6 Å². The third kappa shape index (κ3) is 4.54. The summed E-state index contributed by atoms with van der Waals surface area (Å²) < 4.78 is 14.4. The highest BCUT2D eigenvalue weighted by Gasteiger charge is 2.54. The van der Waals surface area contributed by atoms with Crippen LogP contribution in [0.3, 0.4) is 0 Å². The van der Waals surface area contributed by atoms with Crippen molar-refractivity contribution in [1.29, 1.82) is 0 Å². The molecule has 0 radical (unpaired) electrons. The van der Waals surface area contributed by atoms with Crippen LogP contribution in [0.2, 0.25) is 0 Å². The molecule has 0 aromatic carbocycles. The van der Waals surface area contributed by atoms with Crippen LogP contribution in [0.4, 0.5) is 0 Å². The number of nitro groups is 4. The summed E-state index contributed by atoms with van der Waals surface area (Å²) >= 11 is 11.6. The Morgan fingerprint density at radius 3 is 1.39 bits per heavy atom. The van der Waals surface area contributed by atoms with Gasteiger partial charge in [-0.1, -0.05) is 23.2 Å². The second kappa shape index (κ2) is 9.10. The van der Waals surface area contributed by atoms with Gasteiger partial charge in [-0.05, 0) is 20.6 Å². The number of halogens is 2. The molecule has 0 saturated carbocycles. The second-order valence-corrected chi connectivity index (χ2v) is 6.15. The van der Waals surface area contributed by atoms with E-state index in [2.05, 4.69) is 35.1 Å². The number of hydrogen-bond donors (Lipinski definition) is 0. The number of aromatic nitrogens is 2. The second-order valence-electron chi connectivity index (χ2n) is 5.33. The maximum Gasteiger partial charge on any atom is 0.548 e. The summed E-state index contributed by atoms with van der Waals surface area (Å²) in [7, 11) is 0. The maximum absolute atomic E-state index is 10.8. The Morgan fingerprint density at radius 1 is 0.758 bits per heavy atom. The van der Waals surface area contributed by atoms with Crippen molar-refractivity contribution in [2.75, 3.05) is 0 Å². The zero-order valence-electron chi connectivity index (χ0n) is 14.8. The quantitative estimate of drug-likeness (QED) is 0.127. The lowest BCUT2D eigenvalue weighted by Gasteiger charge is -2.14. The van der Waals surface area contributed by atoms with E-state index in [0.29, 0.717) is 0 Å². The Bertz CT molecular complexity index is 940. The van der Waals surface area contributed by atoms with E-state index in [1.54, 1.807) is 0 Å². The van der Waals surface area contributed by atoms with Gasteiger partial charge in [-0.3, -0.25) is 50.3 Å². The first kappa shape index (κ1) is 23.4. The van der Waals surface area contributed by atoms with E-state index in [0.717, 1.165) is 0 Å². The summed E-state index contributed by atoms with van der Waals surface area (Å²) in [6, 6.07) is 0. The lowest BCUT2D eigenvalue weighted by Crippen LogP contribution is -2.49. The SMILES string of the molecule is O=[N+]([O-])C(N1ON=C(Oc2nonc2OC2=NON(C([N+](=O)[O-])[N+](=O)[O-])C2Cl)C1Cl)[N+](=O)[O-]. The van der Waals surface area contributed by atoms with E-state index >= 15 is 0 Å². The molecule has 0 N–H and O–H groups in total. The molecule has 0 amide bonds. The third-order valence-electron chi connectivity index (χ3n) is 3.35. The van der Waals surface area contributed by atoms with Crippen LogP contribution in [0.1, 0.15) is 0 Å². The minimum absolute atomic E-state index is 0.0713. The number of rotatable bonds is 8. The van der Waals surface area contributed by atoms with Crippen LogP contribution in [0.25, 0.3) is 0 Å². The van der Waals surface area contributed by atoms with Crippen molar-refractivity contribution in [2.24, 2.45) is 10.3 Å². The van der Waals surface area contributed by atoms with Gasteiger partial charge in [-0.25, -0.2) is 4.63 Å². The Balaban J connectivity index is 1.69. The van der Waals surface area contributed by atoms with Crippen molar-refractivity contribution < 1.29 is 43.7 Å². The highest BCUT2D eigenvalue weighted by atomic mass is 35.5. The number of oxime groups is 2. The molecule has 25 heteroatoms. The Labute approximate surface area is 186 Å². The van der Waals surface area contributed by atoms with Gasteiger partial charge < -0.3 is 9.47 Å². The van der Waals surface area contributed by atoms with Crippen molar-refractivity contribution in [1.82, 2.24) is 20.4 Å². The summed E-state index contributed by atoms with van der Waals surface area (Å²) in [5, 5.41) is 56.4. The highest BCUT2D eigenvalue weighted by molar-refractivity contribution is 6.31. The van der Waals surface area contributed by atoms with Crippen molar-refractivity contribution in [3.63, 3.8) is 0 Å². The van der Waals surface area contributed by atoms with E-state index in [1.165, 1.54) is 0 Å². The van der Waals surface area contributed by atoms with Crippen molar-refractivity contribution in [3.8, 4) is 11.8 Å². The van der Waals surface area contributed by atoms with Crippen LogP contribution >= 0.6 is 23.2 Å². The number of nitrogens with zero attached hydrogens (tertiary/aromatic N) is 10. The van der Waals surface area contributed by atoms with Crippen molar-refractivity contribution in [3.05, 3.63) is 40.5 Å². The van der Waals surface area contributed by atoms with Gasteiger partial charge in [0.05, 0.1) is 0 Å². The number of hydroxylamine groups is 4. The molecule has 0 fully saturated rings. The van der Waals surface area contributed by atoms with Gasteiger partial charge in [0.1, 0.15) is 19.7 Å². The molecule has 33 heavy (non-hydrogen) atoms. The minimum Gasteiger partial charge on any atom is -0.411 e. The minimum atomic E-state index is -2.65. The van der Waals surface area contributed by atoms with Gasteiger partial charge in [0.15, 0.2) is 0 Å². The van der Waals surface area contributed by atoms with Crippen LogP contribution in [-0.4, -0.2) is 75.5 Å². The van der Waals surface area contributed by atoms with E-state index in [1.807, 2.05) is 0 Å². The average molecular weight is 519 g/mol. The summed E-state index contributed by atoms with van der Waals surface area (Å²) in [5.41, 5.74) is -3.61. The fourth-order valence-electron chi connectivity index (χ4n) is 2.04. The van der Waals surface area contributed by atoms with Crippen LogP contribution < -0.4 is 9.47 Å². The predicted molar refractivity (Wildman–Crippen MR) is 91.1 cm³/mol. The molecule has 2 aliphatic rings. The fraction of sp³-hybridized carbons (Fsp3) is 0.500. The topological polar surface area (TPSA) is 280 Å². The van der Waals surface area contributed by atoms with Crippen LogP contribution in [0.15, 0.2) is 14.9 Å². The Kier molecular flexibility index (Phi) is 6.47. The van der Waals surface area contributed by atoms with E-state index in [4.69, 9.17) is 32.7 Å². The zero-order chi connectivity index (χ0) is 24.4. The molecule has 178 valence electrons.